The molecule has 19 heavy (non-hydrogen) atoms. The second-order valence-electron chi connectivity index (χ2n) is 5.50. The zero-order valence-electron chi connectivity index (χ0n) is 12.5. The monoisotopic (exact) mass is 291 g/mol. The van der Waals surface area contributed by atoms with Gasteiger partial charge in [0.15, 0.2) is 0 Å². The van der Waals surface area contributed by atoms with Gasteiger partial charge in [-0.25, -0.2) is 0 Å². The first-order valence-electron chi connectivity index (χ1n) is 7.44. The first-order chi connectivity index (χ1) is 8.97. The van der Waals surface area contributed by atoms with E-state index in [0.717, 1.165) is 25.7 Å². The van der Waals surface area contributed by atoms with Gasteiger partial charge in [-0.05, 0) is 45.1 Å². The lowest BCUT2D eigenvalue weighted by Gasteiger charge is -2.39. The maximum atomic E-state index is 12.7. The number of piperidine rings is 1. The van der Waals surface area contributed by atoms with Crippen LogP contribution in [0.1, 0.15) is 46.5 Å². The second-order valence-corrected chi connectivity index (χ2v) is 7.39. The highest BCUT2D eigenvalue weighted by molar-refractivity contribution is 7.86. The number of nitrogens with two attached hydrogens (primary N) is 1. The molecule has 0 aliphatic carbocycles. The van der Waals surface area contributed by atoms with Crippen molar-refractivity contribution in [3.63, 3.8) is 0 Å². The van der Waals surface area contributed by atoms with Crippen LogP contribution >= 0.6 is 0 Å². The summed E-state index contributed by atoms with van der Waals surface area (Å²) in [4.78, 5) is 0. The van der Waals surface area contributed by atoms with E-state index in [4.69, 9.17) is 5.73 Å². The van der Waals surface area contributed by atoms with Gasteiger partial charge in [0.25, 0.3) is 10.2 Å². The van der Waals surface area contributed by atoms with Crippen molar-refractivity contribution in [2.45, 2.75) is 52.5 Å². The van der Waals surface area contributed by atoms with E-state index in [9.17, 15) is 8.42 Å². The van der Waals surface area contributed by atoms with Gasteiger partial charge in [-0.3, -0.25) is 0 Å². The number of nitrogens with zero attached hydrogens (tertiary/aromatic N) is 2. The summed E-state index contributed by atoms with van der Waals surface area (Å²) in [5, 5.41) is 0. The molecule has 1 aliphatic heterocycles. The van der Waals surface area contributed by atoms with E-state index in [-0.39, 0.29) is 6.04 Å². The van der Waals surface area contributed by atoms with Crippen molar-refractivity contribution in [2.75, 3.05) is 26.2 Å². The SMILES string of the molecule is CCCN(CCC)S(=O)(=O)N1CC(CN)CCC1C. The molecule has 0 aromatic heterocycles. The van der Waals surface area contributed by atoms with Crippen LogP contribution in [0.3, 0.4) is 0 Å². The van der Waals surface area contributed by atoms with Crippen LogP contribution in [0.25, 0.3) is 0 Å². The van der Waals surface area contributed by atoms with Crippen LogP contribution in [0.2, 0.25) is 0 Å². The molecule has 0 spiro atoms. The van der Waals surface area contributed by atoms with Gasteiger partial charge >= 0.3 is 0 Å². The van der Waals surface area contributed by atoms with Crippen LogP contribution in [0, 0.1) is 5.92 Å². The molecule has 2 unspecified atom stereocenters. The summed E-state index contributed by atoms with van der Waals surface area (Å²) in [6, 6.07) is 0.0870. The number of rotatable bonds is 7. The van der Waals surface area contributed by atoms with E-state index in [1.807, 2.05) is 20.8 Å². The van der Waals surface area contributed by atoms with Crippen molar-refractivity contribution in [1.82, 2.24) is 8.61 Å². The van der Waals surface area contributed by atoms with Gasteiger partial charge < -0.3 is 5.73 Å². The molecule has 114 valence electrons. The molecule has 5 nitrogen and oxygen atoms in total. The highest BCUT2D eigenvalue weighted by atomic mass is 32.2. The molecule has 1 heterocycles. The average molecular weight is 291 g/mol. The Hall–Kier alpha value is -0.170. The highest BCUT2D eigenvalue weighted by Gasteiger charge is 2.36. The predicted octanol–water partition coefficient (Wildman–Crippen LogP) is 1.41. The average Bonchev–Trinajstić information content (AvgIpc) is 2.39. The summed E-state index contributed by atoms with van der Waals surface area (Å²) in [5.74, 6) is 0.302. The van der Waals surface area contributed by atoms with Crippen LogP contribution in [-0.4, -0.2) is 49.2 Å². The topological polar surface area (TPSA) is 66.6 Å². The van der Waals surface area contributed by atoms with Crippen molar-refractivity contribution in [3.8, 4) is 0 Å². The molecule has 0 bridgehead atoms. The van der Waals surface area contributed by atoms with E-state index < -0.39 is 10.2 Å². The van der Waals surface area contributed by atoms with Crippen molar-refractivity contribution in [3.05, 3.63) is 0 Å². The summed E-state index contributed by atoms with van der Waals surface area (Å²) >= 11 is 0. The third kappa shape index (κ3) is 4.15. The molecule has 0 radical (unpaired) electrons. The molecule has 2 atom stereocenters. The van der Waals surface area contributed by atoms with Crippen molar-refractivity contribution in [1.29, 1.82) is 0 Å². The Morgan fingerprint density at radius 2 is 1.79 bits per heavy atom. The molecule has 0 aromatic carbocycles. The molecular weight excluding hydrogens is 262 g/mol. The smallest absolute Gasteiger partial charge is 0.282 e. The minimum atomic E-state index is -3.33. The fraction of sp³-hybridized carbons (Fsp3) is 1.00. The Kier molecular flexibility index (Phi) is 6.73. The minimum Gasteiger partial charge on any atom is -0.330 e. The molecule has 0 saturated carbocycles. The lowest BCUT2D eigenvalue weighted by atomic mass is 9.96. The number of hydrogen-bond acceptors (Lipinski definition) is 3. The molecule has 1 rings (SSSR count). The summed E-state index contributed by atoms with van der Waals surface area (Å²) in [7, 11) is -3.33. The fourth-order valence-corrected chi connectivity index (χ4v) is 4.73. The van der Waals surface area contributed by atoms with Gasteiger partial charge in [0, 0.05) is 25.7 Å². The zero-order chi connectivity index (χ0) is 14.5. The standard InChI is InChI=1S/C13H29N3O2S/c1-4-8-15(9-5-2)19(17,18)16-11-13(10-14)7-6-12(16)3/h12-13H,4-11,14H2,1-3H3. The molecule has 1 aliphatic rings. The fourth-order valence-electron chi connectivity index (χ4n) is 2.65. The Balaban J connectivity index is 2.88. The Morgan fingerprint density at radius 1 is 1.21 bits per heavy atom. The van der Waals surface area contributed by atoms with Crippen molar-refractivity contribution < 1.29 is 8.42 Å². The molecule has 1 fully saturated rings. The summed E-state index contributed by atoms with van der Waals surface area (Å²) in [6.45, 7) is 8.38. The van der Waals surface area contributed by atoms with E-state index >= 15 is 0 Å². The normalized spacial score (nSPS) is 25.9. The minimum absolute atomic E-state index is 0.0870. The van der Waals surface area contributed by atoms with Crippen LogP contribution in [0.5, 0.6) is 0 Å². The van der Waals surface area contributed by atoms with Crippen LogP contribution in [-0.2, 0) is 10.2 Å². The third-order valence-electron chi connectivity index (χ3n) is 3.82. The predicted molar refractivity (Wildman–Crippen MR) is 79.0 cm³/mol. The van der Waals surface area contributed by atoms with Gasteiger partial charge in [0.2, 0.25) is 0 Å². The number of hydrogen-bond donors (Lipinski definition) is 1. The molecular formula is C13H29N3O2S. The first-order valence-corrected chi connectivity index (χ1v) is 8.84. The Morgan fingerprint density at radius 3 is 2.26 bits per heavy atom. The van der Waals surface area contributed by atoms with E-state index in [1.54, 1.807) is 8.61 Å². The van der Waals surface area contributed by atoms with E-state index in [1.165, 1.54) is 0 Å². The van der Waals surface area contributed by atoms with Crippen LogP contribution in [0.4, 0.5) is 0 Å². The molecule has 1 saturated heterocycles. The van der Waals surface area contributed by atoms with Gasteiger partial charge in [0.05, 0.1) is 0 Å². The molecule has 0 amide bonds. The summed E-state index contributed by atoms with van der Waals surface area (Å²) < 4.78 is 28.8. The van der Waals surface area contributed by atoms with Crippen molar-refractivity contribution >= 4 is 10.2 Å². The van der Waals surface area contributed by atoms with Gasteiger partial charge in [-0.1, -0.05) is 13.8 Å². The van der Waals surface area contributed by atoms with Gasteiger partial charge in [0.1, 0.15) is 0 Å². The van der Waals surface area contributed by atoms with Crippen LogP contribution < -0.4 is 5.73 Å². The second kappa shape index (κ2) is 7.57. The highest BCUT2D eigenvalue weighted by Crippen LogP contribution is 2.25. The summed E-state index contributed by atoms with van der Waals surface area (Å²) in [5.41, 5.74) is 5.71. The molecule has 0 aromatic rings. The quantitative estimate of drug-likeness (QED) is 0.771. The Bertz CT molecular complexity index is 353. The zero-order valence-corrected chi connectivity index (χ0v) is 13.3. The van der Waals surface area contributed by atoms with Gasteiger partial charge in [-0.15, -0.1) is 0 Å². The molecule has 2 N–H and O–H groups in total. The van der Waals surface area contributed by atoms with Crippen molar-refractivity contribution in [2.24, 2.45) is 11.7 Å². The lowest BCUT2D eigenvalue weighted by molar-refractivity contribution is 0.196. The Labute approximate surface area is 118 Å². The van der Waals surface area contributed by atoms with E-state index in [2.05, 4.69) is 0 Å². The lowest BCUT2D eigenvalue weighted by Crippen LogP contribution is -2.52. The van der Waals surface area contributed by atoms with E-state index in [0.29, 0.717) is 32.1 Å². The third-order valence-corrected chi connectivity index (χ3v) is 5.94. The molecule has 6 heteroatoms. The largest absolute Gasteiger partial charge is 0.330 e. The van der Waals surface area contributed by atoms with Crippen LogP contribution in [0.15, 0.2) is 0 Å². The maximum Gasteiger partial charge on any atom is 0.282 e. The summed E-state index contributed by atoms with van der Waals surface area (Å²) in [6.07, 6.45) is 3.64. The first kappa shape index (κ1) is 16.9. The maximum absolute atomic E-state index is 12.7. The van der Waals surface area contributed by atoms with Gasteiger partial charge in [-0.2, -0.15) is 17.0 Å².